The molecule has 1 heterocycles. The molecule has 1 unspecified atom stereocenters. The quantitative estimate of drug-likeness (QED) is 0.864. The van der Waals surface area contributed by atoms with E-state index < -0.39 is 0 Å². The van der Waals surface area contributed by atoms with E-state index >= 15 is 0 Å². The Labute approximate surface area is 119 Å². The van der Waals surface area contributed by atoms with Gasteiger partial charge in [-0.3, -0.25) is 0 Å². The van der Waals surface area contributed by atoms with Gasteiger partial charge in [0.15, 0.2) is 0 Å². The van der Waals surface area contributed by atoms with Crippen LogP contribution in [0.15, 0.2) is 18.2 Å². The Morgan fingerprint density at radius 2 is 2.11 bits per heavy atom. The Bertz CT molecular complexity index is 385. The van der Waals surface area contributed by atoms with E-state index in [0.717, 1.165) is 13.1 Å². The summed E-state index contributed by atoms with van der Waals surface area (Å²) in [5.41, 5.74) is 0.616. The molecule has 2 nitrogen and oxygen atoms in total. The Balaban J connectivity index is 1.73. The second-order valence-corrected chi connectivity index (χ2v) is 5.72. The maximum absolute atomic E-state index is 13.6. The molecule has 0 saturated carbocycles. The first-order valence-electron chi connectivity index (χ1n) is 7.05. The van der Waals surface area contributed by atoms with Crippen molar-refractivity contribution in [3.63, 3.8) is 0 Å². The molecule has 1 aliphatic rings. The summed E-state index contributed by atoms with van der Waals surface area (Å²) in [6.07, 6.45) is 3.27. The molecular formula is C15H22ClFN2. The van der Waals surface area contributed by atoms with Gasteiger partial charge in [-0.2, -0.15) is 0 Å². The van der Waals surface area contributed by atoms with E-state index in [4.69, 9.17) is 11.6 Å². The number of nitrogens with one attached hydrogen (secondary N) is 1. The third kappa shape index (κ3) is 4.44. The van der Waals surface area contributed by atoms with E-state index in [1.165, 1.54) is 32.0 Å². The van der Waals surface area contributed by atoms with Gasteiger partial charge < -0.3 is 10.2 Å². The normalized spacial score (nSPS) is 17.8. The summed E-state index contributed by atoms with van der Waals surface area (Å²) < 4.78 is 13.6. The van der Waals surface area contributed by atoms with Crippen LogP contribution in [0, 0.1) is 5.82 Å². The first-order chi connectivity index (χ1) is 9.16. The lowest BCUT2D eigenvalue weighted by atomic mass is 10.1. The number of likely N-dealkylation sites (tertiary alicyclic amines) is 1. The van der Waals surface area contributed by atoms with Crippen LogP contribution >= 0.6 is 11.6 Å². The number of benzene rings is 1. The van der Waals surface area contributed by atoms with Gasteiger partial charge in [-0.05, 0) is 58.0 Å². The zero-order chi connectivity index (χ0) is 13.7. The minimum atomic E-state index is -0.207. The van der Waals surface area contributed by atoms with E-state index in [9.17, 15) is 4.39 Å². The van der Waals surface area contributed by atoms with Gasteiger partial charge in [-0.15, -0.1) is 0 Å². The molecule has 0 aromatic heterocycles. The average Bonchev–Trinajstić information content (AvgIpc) is 2.85. The lowest BCUT2D eigenvalue weighted by molar-refractivity contribution is 0.299. The molecule has 1 aromatic carbocycles. The van der Waals surface area contributed by atoms with Crippen molar-refractivity contribution in [1.29, 1.82) is 0 Å². The highest BCUT2D eigenvalue weighted by molar-refractivity contribution is 6.31. The summed E-state index contributed by atoms with van der Waals surface area (Å²) in [7, 11) is 0. The van der Waals surface area contributed by atoms with Crippen LogP contribution in [0.1, 0.15) is 25.3 Å². The van der Waals surface area contributed by atoms with Crippen LogP contribution in [0.5, 0.6) is 0 Å². The van der Waals surface area contributed by atoms with E-state index in [2.05, 4.69) is 17.1 Å². The Morgan fingerprint density at radius 3 is 2.79 bits per heavy atom. The molecule has 2 rings (SSSR count). The van der Waals surface area contributed by atoms with E-state index in [1.54, 1.807) is 12.1 Å². The van der Waals surface area contributed by atoms with Gasteiger partial charge in [0.2, 0.25) is 0 Å². The molecule has 0 aliphatic carbocycles. The highest BCUT2D eigenvalue weighted by Crippen LogP contribution is 2.19. The minimum absolute atomic E-state index is 0.207. The summed E-state index contributed by atoms with van der Waals surface area (Å²) in [5.74, 6) is -0.207. The van der Waals surface area contributed by atoms with E-state index in [0.29, 0.717) is 23.0 Å². The molecule has 0 radical (unpaired) electrons. The third-order valence-electron chi connectivity index (χ3n) is 3.66. The Hall–Kier alpha value is -0.640. The van der Waals surface area contributed by atoms with Gasteiger partial charge in [-0.25, -0.2) is 4.39 Å². The Kier molecular flexibility index (Phi) is 5.61. The second-order valence-electron chi connectivity index (χ2n) is 5.31. The molecule has 106 valence electrons. The van der Waals surface area contributed by atoms with E-state index in [-0.39, 0.29) is 5.82 Å². The minimum Gasteiger partial charge on any atom is -0.313 e. The highest BCUT2D eigenvalue weighted by atomic mass is 35.5. The maximum atomic E-state index is 13.6. The fourth-order valence-electron chi connectivity index (χ4n) is 2.63. The predicted octanol–water partition coefficient (Wildman–Crippen LogP) is 3.10. The van der Waals surface area contributed by atoms with Crippen LogP contribution in [0.3, 0.4) is 0 Å². The summed E-state index contributed by atoms with van der Waals surface area (Å²) in [6, 6.07) is 5.29. The highest BCUT2D eigenvalue weighted by Gasteiger charge is 2.14. The fraction of sp³-hybridized carbons (Fsp3) is 0.600. The summed E-state index contributed by atoms with van der Waals surface area (Å²) in [5, 5.41) is 3.97. The topological polar surface area (TPSA) is 15.3 Å². The maximum Gasteiger partial charge on any atom is 0.127 e. The van der Waals surface area contributed by atoms with Crippen LogP contribution in [0.25, 0.3) is 0 Å². The van der Waals surface area contributed by atoms with Crippen molar-refractivity contribution >= 4 is 11.6 Å². The number of hydrogen-bond acceptors (Lipinski definition) is 2. The molecule has 1 N–H and O–H groups in total. The molecule has 1 saturated heterocycles. The molecule has 4 heteroatoms. The van der Waals surface area contributed by atoms with Crippen molar-refractivity contribution in [2.24, 2.45) is 0 Å². The lowest BCUT2D eigenvalue weighted by Crippen LogP contribution is -2.38. The average molecular weight is 285 g/mol. The van der Waals surface area contributed by atoms with Crippen molar-refractivity contribution in [2.75, 3.05) is 26.2 Å². The molecule has 1 atom stereocenters. The molecule has 1 aromatic rings. The van der Waals surface area contributed by atoms with Crippen LogP contribution in [-0.2, 0) is 6.42 Å². The van der Waals surface area contributed by atoms with Crippen molar-refractivity contribution in [1.82, 2.24) is 10.2 Å². The zero-order valence-corrected chi connectivity index (χ0v) is 12.2. The first-order valence-corrected chi connectivity index (χ1v) is 7.43. The first kappa shape index (κ1) is 14.8. The van der Waals surface area contributed by atoms with Gasteiger partial charge in [-0.1, -0.05) is 17.7 Å². The standard InChI is InChI=1S/C15H22ClFN2/c1-12(11-19-9-2-3-10-19)18-8-7-13-14(16)5-4-6-15(13)17/h4-6,12,18H,2-3,7-11H2,1H3. The molecule has 1 fully saturated rings. The van der Waals surface area contributed by atoms with Gasteiger partial charge in [0.25, 0.3) is 0 Å². The largest absolute Gasteiger partial charge is 0.313 e. The van der Waals surface area contributed by atoms with Crippen LogP contribution in [-0.4, -0.2) is 37.1 Å². The predicted molar refractivity (Wildman–Crippen MR) is 78.3 cm³/mol. The van der Waals surface area contributed by atoms with Crippen molar-refractivity contribution in [2.45, 2.75) is 32.2 Å². The molecule has 19 heavy (non-hydrogen) atoms. The zero-order valence-electron chi connectivity index (χ0n) is 11.5. The van der Waals surface area contributed by atoms with E-state index in [1.807, 2.05) is 0 Å². The molecule has 0 amide bonds. The summed E-state index contributed by atoms with van der Waals surface area (Å²) >= 11 is 6.01. The smallest absolute Gasteiger partial charge is 0.127 e. The van der Waals surface area contributed by atoms with Gasteiger partial charge in [0.05, 0.1) is 0 Å². The van der Waals surface area contributed by atoms with Crippen LogP contribution in [0.2, 0.25) is 5.02 Å². The summed E-state index contributed by atoms with van der Waals surface area (Å²) in [6.45, 7) is 6.44. The van der Waals surface area contributed by atoms with Crippen LogP contribution < -0.4 is 5.32 Å². The fourth-order valence-corrected chi connectivity index (χ4v) is 2.89. The molecule has 0 spiro atoms. The molecule has 0 bridgehead atoms. The van der Waals surface area contributed by atoms with Crippen molar-refractivity contribution in [3.8, 4) is 0 Å². The summed E-state index contributed by atoms with van der Waals surface area (Å²) in [4.78, 5) is 2.48. The van der Waals surface area contributed by atoms with Crippen molar-refractivity contribution < 1.29 is 4.39 Å². The van der Waals surface area contributed by atoms with Gasteiger partial charge in [0.1, 0.15) is 5.82 Å². The Morgan fingerprint density at radius 1 is 1.37 bits per heavy atom. The number of nitrogens with zero attached hydrogens (tertiary/aromatic N) is 1. The number of hydrogen-bond donors (Lipinski definition) is 1. The van der Waals surface area contributed by atoms with Gasteiger partial charge >= 0.3 is 0 Å². The SMILES string of the molecule is CC(CN1CCCC1)NCCc1c(F)cccc1Cl. The number of rotatable bonds is 6. The van der Waals surface area contributed by atoms with Gasteiger partial charge in [0, 0.05) is 23.2 Å². The van der Waals surface area contributed by atoms with Crippen LogP contribution in [0.4, 0.5) is 4.39 Å². The lowest BCUT2D eigenvalue weighted by Gasteiger charge is -2.21. The third-order valence-corrected chi connectivity index (χ3v) is 4.01. The second kappa shape index (κ2) is 7.22. The molecule has 1 aliphatic heterocycles. The molecular weight excluding hydrogens is 263 g/mol. The van der Waals surface area contributed by atoms with Crippen molar-refractivity contribution in [3.05, 3.63) is 34.6 Å². The monoisotopic (exact) mass is 284 g/mol. The number of halogens is 2.